The number of phenols is 4. The number of ether oxygens (including phenoxy) is 6. The van der Waals surface area contributed by atoms with Gasteiger partial charge in [0.25, 0.3) is 0 Å². The average Bonchev–Trinajstić information content (AvgIpc) is 0.752. The first kappa shape index (κ1) is 61.3. The summed E-state index contributed by atoms with van der Waals surface area (Å²) in [7, 11) is 2.51. The summed E-state index contributed by atoms with van der Waals surface area (Å²) in [5.74, 6) is -12.4. The van der Waals surface area contributed by atoms with Gasteiger partial charge in [0.15, 0.2) is 35.7 Å². The lowest BCUT2D eigenvalue weighted by molar-refractivity contribution is -0.267. The first-order valence-electron chi connectivity index (χ1n) is 27.0. The normalized spacial score (nSPS) is 29.0. The van der Waals surface area contributed by atoms with Crippen LogP contribution >= 0.6 is 0 Å². The van der Waals surface area contributed by atoms with Gasteiger partial charge in [-0.2, -0.15) is 11.0 Å². The van der Waals surface area contributed by atoms with Gasteiger partial charge in [-0.3, -0.25) is 38.4 Å². The summed E-state index contributed by atoms with van der Waals surface area (Å²) in [6.45, 7) is 4.83. The molecule has 0 saturated carbocycles. The van der Waals surface area contributed by atoms with Gasteiger partial charge in [0.05, 0.1) is 96.3 Å². The second-order valence-electron chi connectivity index (χ2n) is 22.1. The zero-order valence-corrected chi connectivity index (χ0v) is 46.6. The van der Waals surface area contributed by atoms with E-state index >= 15 is 0 Å². The van der Waals surface area contributed by atoms with Crippen LogP contribution in [-0.4, -0.2) is 184 Å². The van der Waals surface area contributed by atoms with Crippen molar-refractivity contribution in [2.45, 2.75) is 151 Å². The van der Waals surface area contributed by atoms with Crippen molar-refractivity contribution in [2.75, 3.05) is 14.2 Å². The maximum atomic E-state index is 14.1. The van der Waals surface area contributed by atoms with Gasteiger partial charge in [-0.15, -0.1) is 0 Å². The number of hydroxylamine groups is 2. The van der Waals surface area contributed by atoms with Crippen molar-refractivity contribution in [3.63, 3.8) is 0 Å². The Bertz CT molecular complexity index is 3340. The number of carbonyl (C=O) groups is 8. The van der Waals surface area contributed by atoms with E-state index < -0.39 is 215 Å². The average molecular weight is 1200 g/mol. The van der Waals surface area contributed by atoms with Gasteiger partial charge in [-0.25, -0.2) is 9.59 Å². The molecule has 0 amide bonds. The largest absolute Gasteiger partial charge is 0.507 e. The SMILES string of the molecule is COc1cccc2c1C(=O)c1c(O)c3c(c(O)c1C2=O)C[C@@](O)(C(C)=O)C[C@@H]3OC1CC(NOC(C(=O)O)C(ONC2CC(O[C@H]3C[C@](O)(C(C)=O)Cc4c(O)c5c(c(O)c43)C(=O)c3c(OC)cccc3C5=O)OC(C)C2O)C(=O)O)C(O)C(C)O1. The van der Waals surface area contributed by atoms with Crippen LogP contribution in [0.4, 0.5) is 0 Å². The molecular weight excluding hydrogens is 1140 g/mol. The number of rotatable bonds is 17. The minimum absolute atomic E-state index is 0.0147. The van der Waals surface area contributed by atoms with E-state index in [4.69, 9.17) is 38.1 Å². The molecule has 12 N–H and O–H groups in total. The molecule has 6 aliphatic rings. The van der Waals surface area contributed by atoms with E-state index in [9.17, 15) is 89.4 Å². The Morgan fingerprint density at radius 2 is 0.907 bits per heavy atom. The molecule has 4 aromatic carbocycles. The zero-order valence-electron chi connectivity index (χ0n) is 46.6. The van der Waals surface area contributed by atoms with Crippen LogP contribution in [0.5, 0.6) is 34.5 Å². The third-order valence-corrected chi connectivity index (χ3v) is 17.0. The van der Waals surface area contributed by atoms with Crippen LogP contribution in [0.3, 0.4) is 0 Å². The second kappa shape index (κ2) is 22.8. The molecule has 2 fully saturated rings. The Morgan fingerprint density at radius 1 is 0.558 bits per heavy atom. The number of ketones is 6. The highest BCUT2D eigenvalue weighted by atomic mass is 16.7. The third-order valence-electron chi connectivity index (χ3n) is 17.0. The first-order valence-corrected chi connectivity index (χ1v) is 27.0. The third kappa shape index (κ3) is 10.1. The standard InChI is InChI=1S/C58H60N2O26/c1-19-43(63)27(13-33(81-19)83-31-17-57(77,21(3)61)15-25-37(31)51(71)41-39(47(25)67)45(65)23-9-7-11-29(79-5)35(23)49(41)69)59-85-53(55(73)74)54(56(75)76)86-60-28-14-34(82-20(2)44(28)64)84-32-18-58(78,22(4)62)16-26-38(32)52(72)42-40(48(26)68)46(66)24-10-8-12-30(80-6)36(24)50(42)70/h7-12,19-20,27-28,31-34,43-44,53-54,59-60,63-64,67-68,71-72,77-78H,13-18H2,1-6H3,(H,73,74)(H,75,76)/t19?,20?,27?,28?,31-,32-,33?,34?,43?,44?,53?,54?,57-,58-/m0/s1. The van der Waals surface area contributed by atoms with E-state index in [0.717, 1.165) is 13.8 Å². The van der Waals surface area contributed by atoms with Crippen LogP contribution < -0.4 is 20.4 Å². The molecule has 10 unspecified atom stereocenters. The van der Waals surface area contributed by atoms with Crippen molar-refractivity contribution in [3.8, 4) is 34.5 Å². The van der Waals surface area contributed by atoms with Crippen molar-refractivity contribution in [3.05, 3.63) is 103 Å². The predicted octanol–water partition coefficient (Wildman–Crippen LogP) is 1.10. The number of benzene rings is 4. The van der Waals surface area contributed by atoms with Gasteiger partial charge >= 0.3 is 11.9 Å². The topological polar surface area (TPSA) is 437 Å². The molecular formula is C58H60N2O26. The molecule has 28 nitrogen and oxygen atoms in total. The zero-order chi connectivity index (χ0) is 62.5. The number of fused-ring (bicyclic) bond motifs is 6. The fourth-order valence-electron chi connectivity index (χ4n) is 12.3. The summed E-state index contributed by atoms with van der Waals surface area (Å²) in [4.78, 5) is 119. The van der Waals surface area contributed by atoms with E-state index in [1.54, 1.807) is 0 Å². The number of Topliss-reactive ketones (excluding diaryl/α,β-unsaturated/α-hetero) is 2. The monoisotopic (exact) mass is 1200 g/mol. The number of phenolic OH excluding ortho intramolecular Hbond substituents is 4. The maximum absolute atomic E-state index is 14.1. The highest BCUT2D eigenvalue weighted by molar-refractivity contribution is 6.32. The smallest absolute Gasteiger partial charge is 0.338 e. The molecule has 86 heavy (non-hydrogen) atoms. The Labute approximate surface area is 486 Å². The fourth-order valence-corrected chi connectivity index (χ4v) is 12.3. The van der Waals surface area contributed by atoms with Crippen molar-refractivity contribution in [2.24, 2.45) is 0 Å². The Hall–Kier alpha value is -7.84. The number of nitrogens with one attached hydrogen (secondary N) is 2. The molecule has 0 radical (unpaired) electrons. The van der Waals surface area contributed by atoms with Gasteiger partial charge in [0, 0.05) is 71.9 Å². The van der Waals surface area contributed by atoms with Crippen molar-refractivity contribution < 1.29 is 128 Å². The number of aromatic hydroxyl groups is 4. The molecule has 14 atom stereocenters. The number of methoxy groups -OCH3 is 2. The highest BCUT2D eigenvalue weighted by Crippen LogP contribution is 2.55. The van der Waals surface area contributed by atoms with Gasteiger partial charge in [-0.1, -0.05) is 24.3 Å². The van der Waals surface area contributed by atoms with Crippen LogP contribution in [0, 0.1) is 0 Å². The van der Waals surface area contributed by atoms with Gasteiger partial charge in [0.2, 0.25) is 23.8 Å². The molecule has 4 aliphatic carbocycles. The second-order valence-corrected chi connectivity index (χ2v) is 22.1. The molecule has 2 saturated heterocycles. The highest BCUT2D eigenvalue weighted by Gasteiger charge is 2.53. The molecule has 2 heterocycles. The van der Waals surface area contributed by atoms with Gasteiger partial charge in [-0.05, 0) is 39.8 Å². The number of carboxylic acids is 2. The Kier molecular flexibility index (Phi) is 16.2. The van der Waals surface area contributed by atoms with Gasteiger partial charge in [0.1, 0.15) is 45.7 Å². The molecule has 2 aliphatic heterocycles. The molecule has 0 aromatic heterocycles. The molecule has 28 heteroatoms. The quantitative estimate of drug-likeness (QED) is 0.0449. The van der Waals surface area contributed by atoms with E-state index in [0.29, 0.717) is 0 Å². The number of carboxylic acid groups (broad SMARTS) is 2. The van der Waals surface area contributed by atoms with Crippen LogP contribution in [0.25, 0.3) is 0 Å². The van der Waals surface area contributed by atoms with E-state index in [1.807, 2.05) is 0 Å². The molecule has 0 bridgehead atoms. The molecule has 0 spiro atoms. The van der Waals surface area contributed by atoms with Crippen LogP contribution in [0.1, 0.15) is 152 Å². The Balaban J connectivity index is 0.862. The maximum Gasteiger partial charge on any atom is 0.338 e. The lowest BCUT2D eigenvalue weighted by atomic mass is 9.72. The number of aliphatic hydroxyl groups excluding tert-OH is 2. The number of hydrogen-bond donors (Lipinski definition) is 12. The summed E-state index contributed by atoms with van der Waals surface area (Å²) in [5.41, 5.74) is -4.27. The van der Waals surface area contributed by atoms with Crippen LogP contribution in [0.15, 0.2) is 36.4 Å². The number of aliphatic hydroxyl groups is 4. The van der Waals surface area contributed by atoms with Crippen LogP contribution in [0.2, 0.25) is 0 Å². The lowest BCUT2D eigenvalue weighted by Crippen LogP contribution is -2.58. The van der Waals surface area contributed by atoms with E-state index in [1.165, 1.54) is 64.5 Å². The Morgan fingerprint density at radius 3 is 1.23 bits per heavy atom. The molecule has 10 rings (SSSR count). The lowest BCUT2D eigenvalue weighted by Gasteiger charge is -2.43. The summed E-state index contributed by atoms with van der Waals surface area (Å²) in [5, 5.41) is 114. The van der Waals surface area contributed by atoms with Gasteiger partial charge < -0.3 is 79.5 Å². The number of hydrogen-bond acceptors (Lipinski definition) is 26. The van der Waals surface area contributed by atoms with Crippen molar-refractivity contribution in [1.82, 2.24) is 11.0 Å². The minimum Gasteiger partial charge on any atom is -0.507 e. The first-order chi connectivity index (χ1) is 40.6. The van der Waals surface area contributed by atoms with E-state index in [2.05, 4.69) is 11.0 Å². The number of aliphatic carboxylic acids is 2. The predicted molar refractivity (Wildman–Crippen MR) is 284 cm³/mol. The fraction of sp³-hybridized carbons (Fsp3) is 0.448. The number of carbonyl (C=O) groups excluding carboxylic acids is 6. The summed E-state index contributed by atoms with van der Waals surface area (Å²) in [6.07, 6.45) is -20.3. The molecule has 458 valence electrons. The summed E-state index contributed by atoms with van der Waals surface area (Å²) >= 11 is 0. The minimum atomic E-state index is -2.48. The summed E-state index contributed by atoms with van der Waals surface area (Å²) < 4.78 is 35.0. The molecule has 4 aromatic rings. The van der Waals surface area contributed by atoms with Crippen molar-refractivity contribution >= 4 is 46.6 Å². The van der Waals surface area contributed by atoms with Crippen molar-refractivity contribution in [1.29, 1.82) is 0 Å². The summed E-state index contributed by atoms with van der Waals surface area (Å²) in [6, 6.07) is 5.53. The van der Waals surface area contributed by atoms with Crippen LogP contribution in [-0.2, 0) is 60.6 Å². The van der Waals surface area contributed by atoms with E-state index in [-0.39, 0.29) is 56.0 Å².